The summed E-state index contributed by atoms with van der Waals surface area (Å²) in [7, 11) is 0. The van der Waals surface area contributed by atoms with E-state index < -0.39 is 17.5 Å². The van der Waals surface area contributed by atoms with Gasteiger partial charge in [-0.1, -0.05) is 17.9 Å². The van der Waals surface area contributed by atoms with Crippen molar-refractivity contribution in [2.24, 2.45) is 5.41 Å². The van der Waals surface area contributed by atoms with Crippen molar-refractivity contribution in [2.75, 3.05) is 6.61 Å². The first kappa shape index (κ1) is 17.4. The number of rotatable bonds is 3. The Morgan fingerprint density at radius 3 is 2.62 bits per heavy atom. The summed E-state index contributed by atoms with van der Waals surface area (Å²) in [5.74, 6) is 4.89. The molecule has 7 heteroatoms. The SMILES string of the molecule is CC(=O)OCC#CCC(C#N)(C#N)C1=CC2CCC(C1)N2C(=O)O. The van der Waals surface area contributed by atoms with E-state index in [4.69, 9.17) is 0 Å². The summed E-state index contributed by atoms with van der Waals surface area (Å²) < 4.78 is 4.69. The molecule has 2 bridgehead atoms. The number of nitrogens with zero attached hydrogens (tertiary/aromatic N) is 3. The van der Waals surface area contributed by atoms with E-state index in [1.54, 1.807) is 6.08 Å². The van der Waals surface area contributed by atoms with Crippen molar-refractivity contribution in [2.45, 2.75) is 44.7 Å². The molecule has 1 saturated heterocycles. The average molecular weight is 327 g/mol. The summed E-state index contributed by atoms with van der Waals surface area (Å²) in [5.41, 5.74) is -0.756. The summed E-state index contributed by atoms with van der Waals surface area (Å²) in [4.78, 5) is 23.4. The third-order valence-electron chi connectivity index (χ3n) is 4.37. The molecule has 1 amide bonds. The van der Waals surface area contributed by atoms with Gasteiger partial charge < -0.3 is 9.84 Å². The lowest BCUT2D eigenvalue weighted by Crippen LogP contribution is -2.44. The number of carbonyl (C=O) groups is 2. The second kappa shape index (κ2) is 7.06. The van der Waals surface area contributed by atoms with E-state index in [9.17, 15) is 25.2 Å². The van der Waals surface area contributed by atoms with Crippen LogP contribution in [0.5, 0.6) is 0 Å². The molecule has 0 saturated carbocycles. The third-order valence-corrected chi connectivity index (χ3v) is 4.37. The highest BCUT2D eigenvalue weighted by atomic mass is 16.5. The van der Waals surface area contributed by atoms with Gasteiger partial charge in [0, 0.05) is 19.4 Å². The quantitative estimate of drug-likeness (QED) is 0.480. The van der Waals surface area contributed by atoms with Crippen LogP contribution in [0.4, 0.5) is 4.79 Å². The predicted octanol–water partition coefficient (Wildman–Crippen LogP) is 1.82. The molecule has 2 aliphatic heterocycles. The molecule has 2 heterocycles. The lowest BCUT2D eigenvalue weighted by molar-refractivity contribution is -0.139. The Labute approximate surface area is 140 Å². The van der Waals surface area contributed by atoms with Crippen LogP contribution in [-0.2, 0) is 9.53 Å². The second-order valence-corrected chi connectivity index (χ2v) is 5.82. The van der Waals surface area contributed by atoms with Crippen molar-refractivity contribution < 1.29 is 19.4 Å². The normalized spacial score (nSPS) is 21.6. The zero-order valence-electron chi connectivity index (χ0n) is 13.3. The van der Waals surface area contributed by atoms with Crippen molar-refractivity contribution in [1.29, 1.82) is 10.5 Å². The highest BCUT2D eigenvalue weighted by molar-refractivity contribution is 5.67. The predicted molar refractivity (Wildman–Crippen MR) is 82.1 cm³/mol. The minimum Gasteiger partial charge on any atom is -0.465 e. The van der Waals surface area contributed by atoms with Crippen molar-refractivity contribution in [3.8, 4) is 24.0 Å². The molecule has 1 N–H and O–H groups in total. The van der Waals surface area contributed by atoms with Crippen LogP contribution >= 0.6 is 0 Å². The van der Waals surface area contributed by atoms with Crippen molar-refractivity contribution in [3.05, 3.63) is 11.6 Å². The molecule has 7 nitrogen and oxygen atoms in total. The molecule has 2 rings (SSSR count). The molecule has 2 unspecified atom stereocenters. The number of carboxylic acid groups (broad SMARTS) is 1. The number of esters is 1. The molecule has 2 aliphatic rings. The first-order valence-corrected chi connectivity index (χ1v) is 7.57. The fraction of sp³-hybridized carbons (Fsp3) is 0.529. The van der Waals surface area contributed by atoms with E-state index in [-0.39, 0.29) is 25.1 Å². The molecule has 0 aliphatic carbocycles. The van der Waals surface area contributed by atoms with Crippen LogP contribution < -0.4 is 0 Å². The molecule has 0 aromatic carbocycles. The van der Waals surface area contributed by atoms with E-state index in [0.717, 1.165) is 6.42 Å². The van der Waals surface area contributed by atoms with Crippen LogP contribution in [0.25, 0.3) is 0 Å². The monoisotopic (exact) mass is 327 g/mol. The van der Waals surface area contributed by atoms with E-state index in [2.05, 4.69) is 16.6 Å². The van der Waals surface area contributed by atoms with Crippen molar-refractivity contribution >= 4 is 12.1 Å². The highest BCUT2D eigenvalue weighted by Gasteiger charge is 2.45. The number of hydrogen-bond donors (Lipinski definition) is 1. The molecular formula is C17H17N3O4. The molecule has 124 valence electrons. The van der Waals surface area contributed by atoms with Crippen LogP contribution in [0.2, 0.25) is 0 Å². The fourth-order valence-electron chi connectivity index (χ4n) is 3.19. The van der Waals surface area contributed by atoms with Gasteiger partial charge in [-0.15, -0.1) is 0 Å². The van der Waals surface area contributed by atoms with Gasteiger partial charge in [0.15, 0.2) is 12.0 Å². The summed E-state index contributed by atoms with van der Waals surface area (Å²) in [6.07, 6.45) is 2.55. The van der Waals surface area contributed by atoms with Gasteiger partial charge in [-0.2, -0.15) is 10.5 Å². The zero-order valence-corrected chi connectivity index (χ0v) is 13.3. The van der Waals surface area contributed by atoms with Gasteiger partial charge in [-0.3, -0.25) is 9.69 Å². The van der Waals surface area contributed by atoms with Crippen molar-refractivity contribution in [1.82, 2.24) is 4.90 Å². The van der Waals surface area contributed by atoms with Crippen LogP contribution in [0.15, 0.2) is 11.6 Å². The summed E-state index contributed by atoms with van der Waals surface area (Å²) >= 11 is 0. The van der Waals surface area contributed by atoms with Crippen LogP contribution in [-0.4, -0.2) is 40.8 Å². The van der Waals surface area contributed by atoms with E-state index in [1.807, 2.05) is 12.1 Å². The maximum Gasteiger partial charge on any atom is 0.408 e. The van der Waals surface area contributed by atoms with Gasteiger partial charge >= 0.3 is 12.1 Å². The maximum atomic E-state index is 11.3. The minimum absolute atomic E-state index is 0.000387. The Morgan fingerprint density at radius 2 is 2.08 bits per heavy atom. The van der Waals surface area contributed by atoms with E-state index >= 15 is 0 Å². The number of ether oxygens (including phenoxy) is 1. The Balaban J connectivity index is 2.18. The number of hydrogen-bond acceptors (Lipinski definition) is 5. The molecule has 24 heavy (non-hydrogen) atoms. The maximum absolute atomic E-state index is 11.3. The molecular weight excluding hydrogens is 310 g/mol. The smallest absolute Gasteiger partial charge is 0.408 e. The summed E-state index contributed by atoms with van der Waals surface area (Å²) in [6, 6.07) is 3.61. The largest absolute Gasteiger partial charge is 0.465 e. The van der Waals surface area contributed by atoms with Gasteiger partial charge in [-0.05, 0) is 24.8 Å². The average Bonchev–Trinajstić information content (AvgIpc) is 2.82. The third kappa shape index (κ3) is 3.34. The second-order valence-electron chi connectivity index (χ2n) is 5.82. The van der Waals surface area contributed by atoms with Crippen LogP contribution in [0.1, 0.15) is 32.6 Å². The topological polar surface area (TPSA) is 114 Å². The molecule has 0 aromatic heterocycles. The lowest BCUT2D eigenvalue weighted by atomic mass is 9.76. The van der Waals surface area contributed by atoms with Gasteiger partial charge in [-0.25, -0.2) is 4.79 Å². The van der Waals surface area contributed by atoms with E-state index in [0.29, 0.717) is 18.4 Å². The Kier molecular flexibility index (Phi) is 5.11. The Hall–Kier alpha value is -2.98. The van der Waals surface area contributed by atoms with Crippen LogP contribution in [0.3, 0.4) is 0 Å². The number of fused-ring (bicyclic) bond motifs is 2. The van der Waals surface area contributed by atoms with Gasteiger partial charge in [0.2, 0.25) is 0 Å². The molecule has 2 atom stereocenters. The first-order chi connectivity index (χ1) is 11.4. The molecule has 1 fully saturated rings. The van der Waals surface area contributed by atoms with Gasteiger partial charge in [0.05, 0.1) is 18.2 Å². The van der Waals surface area contributed by atoms with Gasteiger partial charge in [0.1, 0.15) is 0 Å². The van der Waals surface area contributed by atoms with Crippen LogP contribution in [0, 0.1) is 39.9 Å². The highest BCUT2D eigenvalue weighted by Crippen LogP contribution is 2.42. The zero-order chi connectivity index (χ0) is 17.7. The molecule has 0 radical (unpaired) electrons. The summed E-state index contributed by atoms with van der Waals surface area (Å²) in [6.45, 7) is 1.19. The molecule has 0 spiro atoms. The van der Waals surface area contributed by atoms with Crippen molar-refractivity contribution in [3.63, 3.8) is 0 Å². The number of amides is 1. The van der Waals surface area contributed by atoms with E-state index in [1.165, 1.54) is 11.8 Å². The lowest BCUT2D eigenvalue weighted by Gasteiger charge is -2.34. The van der Waals surface area contributed by atoms with Gasteiger partial charge in [0.25, 0.3) is 0 Å². The minimum atomic E-state index is -1.39. The Morgan fingerprint density at radius 1 is 1.38 bits per heavy atom. The fourth-order valence-corrected chi connectivity index (χ4v) is 3.19. The molecule has 0 aromatic rings. The first-order valence-electron chi connectivity index (χ1n) is 7.57. The standard InChI is InChI=1S/C17H17N3O4/c1-12(21)24-7-3-2-6-17(10-18,11-19)13-8-14-4-5-15(9-13)20(14)16(22)23/h8,14-15H,4-7,9H2,1H3,(H,22,23). The summed E-state index contributed by atoms with van der Waals surface area (Å²) in [5, 5.41) is 28.4. The number of carbonyl (C=O) groups excluding carboxylic acids is 1. The number of nitriles is 2. The Bertz CT molecular complexity index is 703.